The van der Waals surface area contributed by atoms with Gasteiger partial charge in [0.15, 0.2) is 5.79 Å². The van der Waals surface area contributed by atoms with Crippen molar-refractivity contribution in [1.82, 2.24) is 20.4 Å². The number of amides is 3. The van der Waals surface area contributed by atoms with Crippen LogP contribution in [-0.2, 0) is 14.3 Å². The summed E-state index contributed by atoms with van der Waals surface area (Å²) in [5.41, 5.74) is 0. The van der Waals surface area contributed by atoms with Crippen LogP contribution in [0.2, 0.25) is 0 Å². The molecule has 2 rings (SSSR count). The molecule has 31 heavy (non-hydrogen) atoms. The first-order valence-electron chi connectivity index (χ1n) is 11.7. The molecule has 0 radical (unpaired) electrons. The number of hydrogen-bond donors (Lipinski definition) is 2. The van der Waals surface area contributed by atoms with Crippen LogP contribution in [0.3, 0.4) is 0 Å². The van der Waals surface area contributed by atoms with Crippen molar-refractivity contribution in [1.29, 1.82) is 0 Å². The predicted molar refractivity (Wildman–Crippen MR) is 118 cm³/mol. The molecule has 9 heteroatoms. The number of likely N-dealkylation sites (N-methyl/N-ethyl adjacent to an activating group) is 1. The quantitative estimate of drug-likeness (QED) is 0.448. The summed E-state index contributed by atoms with van der Waals surface area (Å²) in [4.78, 5) is 29.5. The van der Waals surface area contributed by atoms with E-state index in [2.05, 4.69) is 10.6 Å². The van der Waals surface area contributed by atoms with Crippen LogP contribution in [0.4, 0.5) is 9.18 Å². The van der Waals surface area contributed by atoms with Crippen molar-refractivity contribution in [3.05, 3.63) is 0 Å². The lowest BCUT2D eigenvalue weighted by atomic mass is 9.79. The fourth-order valence-corrected chi connectivity index (χ4v) is 4.52. The van der Waals surface area contributed by atoms with Gasteiger partial charge in [-0.05, 0) is 39.3 Å². The summed E-state index contributed by atoms with van der Waals surface area (Å²) in [5.74, 6) is -0.814. The highest BCUT2D eigenvalue weighted by molar-refractivity contribution is 5.95. The summed E-state index contributed by atoms with van der Waals surface area (Å²) >= 11 is 0. The Kier molecular flexibility index (Phi) is 11.1. The second kappa shape index (κ2) is 13.3. The van der Waals surface area contributed by atoms with Gasteiger partial charge in [0.2, 0.25) is 5.91 Å². The van der Waals surface area contributed by atoms with Gasteiger partial charge in [0.05, 0.1) is 19.1 Å². The third-order valence-electron chi connectivity index (χ3n) is 6.01. The SMILES string of the molecule is CCCN(C(=O)NCCN(C)C)C(=O)[C@@H](CNCCF)C[C@H]1CCCC2(C1)OCCO2. The number of carbonyl (C=O) groups excluding carboxylic acids is 2. The number of nitrogens with one attached hydrogen (secondary N) is 2. The maximum Gasteiger partial charge on any atom is 0.324 e. The molecule has 1 saturated heterocycles. The Hall–Kier alpha value is -1.29. The number of imide groups is 1. The zero-order valence-electron chi connectivity index (χ0n) is 19.5. The van der Waals surface area contributed by atoms with Crippen LogP contribution in [0.1, 0.15) is 45.4 Å². The number of urea groups is 1. The fraction of sp³-hybridized carbons (Fsp3) is 0.909. The lowest BCUT2D eigenvalue weighted by Gasteiger charge is -2.37. The number of carbonyl (C=O) groups is 2. The molecule has 1 heterocycles. The van der Waals surface area contributed by atoms with Gasteiger partial charge in [0, 0.05) is 45.6 Å². The van der Waals surface area contributed by atoms with Gasteiger partial charge in [-0.2, -0.15) is 0 Å². The minimum Gasteiger partial charge on any atom is -0.348 e. The van der Waals surface area contributed by atoms with E-state index in [1.165, 1.54) is 4.90 Å². The van der Waals surface area contributed by atoms with Gasteiger partial charge in [0.1, 0.15) is 6.67 Å². The number of rotatable bonds is 12. The normalized spacial score (nSPS) is 21.4. The molecule has 0 unspecified atom stereocenters. The van der Waals surface area contributed by atoms with Crippen LogP contribution in [0.25, 0.3) is 0 Å². The van der Waals surface area contributed by atoms with Gasteiger partial charge in [0.25, 0.3) is 0 Å². The number of halogens is 1. The van der Waals surface area contributed by atoms with Gasteiger partial charge in [-0.3, -0.25) is 9.69 Å². The average Bonchev–Trinajstić information content (AvgIpc) is 3.18. The highest BCUT2D eigenvalue weighted by Crippen LogP contribution is 2.41. The van der Waals surface area contributed by atoms with E-state index >= 15 is 0 Å². The maximum absolute atomic E-state index is 13.4. The lowest BCUT2D eigenvalue weighted by molar-refractivity contribution is -0.188. The number of nitrogens with zero attached hydrogens (tertiary/aromatic N) is 2. The smallest absolute Gasteiger partial charge is 0.324 e. The topological polar surface area (TPSA) is 83.1 Å². The zero-order chi connectivity index (χ0) is 22.7. The zero-order valence-corrected chi connectivity index (χ0v) is 19.5. The van der Waals surface area contributed by atoms with Crippen molar-refractivity contribution in [2.24, 2.45) is 11.8 Å². The summed E-state index contributed by atoms with van der Waals surface area (Å²) in [6, 6.07) is -0.355. The molecule has 180 valence electrons. The monoisotopic (exact) mass is 444 g/mol. The van der Waals surface area contributed by atoms with E-state index in [1.54, 1.807) is 0 Å². The molecule has 1 saturated carbocycles. The first-order chi connectivity index (χ1) is 14.9. The summed E-state index contributed by atoms with van der Waals surface area (Å²) in [7, 11) is 3.87. The Bertz CT molecular complexity index is 558. The van der Waals surface area contributed by atoms with Crippen LogP contribution >= 0.6 is 0 Å². The predicted octanol–water partition coefficient (Wildman–Crippen LogP) is 1.99. The van der Waals surface area contributed by atoms with E-state index < -0.39 is 12.5 Å². The molecule has 2 N–H and O–H groups in total. The highest BCUT2D eigenvalue weighted by atomic mass is 19.1. The van der Waals surface area contributed by atoms with Crippen molar-refractivity contribution >= 4 is 11.9 Å². The summed E-state index contributed by atoms with van der Waals surface area (Å²) < 4.78 is 24.4. The van der Waals surface area contributed by atoms with Gasteiger partial charge in [-0.15, -0.1) is 0 Å². The Balaban J connectivity index is 2.04. The standard InChI is InChI=1S/C22H41FN4O4/c1-4-11-27(21(29)25-10-12-26(2)3)20(28)19(17-24-9-8-23)15-18-6-5-7-22(16-18)30-13-14-31-22/h18-19,24H,4-17H2,1-3H3,(H,25,29)/t18-,19-/m1/s1. The molecule has 1 aliphatic carbocycles. The van der Waals surface area contributed by atoms with E-state index in [0.29, 0.717) is 52.2 Å². The average molecular weight is 445 g/mol. The van der Waals surface area contributed by atoms with E-state index in [9.17, 15) is 14.0 Å². The molecule has 1 spiro atoms. The number of ether oxygens (including phenoxy) is 2. The Labute approximate surface area is 186 Å². The highest BCUT2D eigenvalue weighted by Gasteiger charge is 2.42. The first kappa shape index (κ1) is 26.0. The Morgan fingerprint density at radius 1 is 1.19 bits per heavy atom. The lowest BCUT2D eigenvalue weighted by Crippen LogP contribution is -2.50. The Morgan fingerprint density at radius 3 is 2.58 bits per heavy atom. The molecule has 0 aromatic rings. The van der Waals surface area contributed by atoms with E-state index in [0.717, 1.165) is 25.7 Å². The van der Waals surface area contributed by atoms with Crippen molar-refractivity contribution in [3.8, 4) is 0 Å². The minimum atomic E-state index is -0.504. The van der Waals surface area contributed by atoms with Gasteiger partial charge >= 0.3 is 6.03 Å². The van der Waals surface area contributed by atoms with Crippen molar-refractivity contribution in [2.75, 3.05) is 66.7 Å². The van der Waals surface area contributed by atoms with Gasteiger partial charge in [-0.1, -0.05) is 13.3 Å². The second-order valence-electron chi connectivity index (χ2n) is 8.92. The van der Waals surface area contributed by atoms with E-state index in [4.69, 9.17) is 9.47 Å². The third-order valence-corrected chi connectivity index (χ3v) is 6.01. The molecular weight excluding hydrogens is 403 g/mol. The number of alkyl halides is 1. The molecule has 2 aliphatic rings. The second-order valence-corrected chi connectivity index (χ2v) is 8.92. The fourth-order valence-electron chi connectivity index (χ4n) is 4.52. The minimum absolute atomic E-state index is 0.191. The summed E-state index contributed by atoms with van der Waals surface area (Å²) in [5, 5.41) is 5.89. The first-order valence-corrected chi connectivity index (χ1v) is 11.7. The summed E-state index contributed by atoms with van der Waals surface area (Å²) in [6.07, 6.45) is 4.97. The largest absolute Gasteiger partial charge is 0.348 e. The van der Waals surface area contributed by atoms with Crippen LogP contribution in [0.15, 0.2) is 0 Å². The van der Waals surface area contributed by atoms with E-state index in [1.807, 2.05) is 25.9 Å². The Morgan fingerprint density at radius 2 is 1.94 bits per heavy atom. The molecular formula is C22H41FN4O4. The molecule has 2 fully saturated rings. The van der Waals surface area contributed by atoms with Crippen LogP contribution in [0.5, 0.6) is 0 Å². The van der Waals surface area contributed by atoms with Crippen LogP contribution in [-0.4, -0.2) is 94.2 Å². The van der Waals surface area contributed by atoms with Crippen molar-refractivity contribution in [2.45, 2.75) is 51.2 Å². The number of hydrogen-bond acceptors (Lipinski definition) is 6. The van der Waals surface area contributed by atoms with Crippen molar-refractivity contribution < 1.29 is 23.5 Å². The molecule has 2 atom stereocenters. The van der Waals surface area contributed by atoms with Crippen LogP contribution in [0, 0.1) is 11.8 Å². The molecule has 1 aliphatic heterocycles. The maximum atomic E-state index is 13.4. The van der Waals surface area contributed by atoms with Crippen molar-refractivity contribution in [3.63, 3.8) is 0 Å². The van der Waals surface area contributed by atoms with Gasteiger partial charge in [-0.25, -0.2) is 9.18 Å². The molecule has 8 nitrogen and oxygen atoms in total. The van der Waals surface area contributed by atoms with Gasteiger partial charge < -0.3 is 25.0 Å². The molecule has 0 aromatic heterocycles. The molecule has 0 bridgehead atoms. The molecule has 3 amide bonds. The van der Waals surface area contributed by atoms with E-state index in [-0.39, 0.29) is 30.3 Å². The third kappa shape index (κ3) is 8.29. The summed E-state index contributed by atoms with van der Waals surface area (Å²) in [6.45, 7) is 4.80. The molecule has 0 aromatic carbocycles. The van der Waals surface area contributed by atoms with Crippen LogP contribution < -0.4 is 10.6 Å².